The summed E-state index contributed by atoms with van der Waals surface area (Å²) in [6, 6.07) is 0.132. The lowest BCUT2D eigenvalue weighted by Crippen LogP contribution is -2.36. The van der Waals surface area contributed by atoms with E-state index >= 15 is 0 Å². The highest BCUT2D eigenvalue weighted by atomic mass is 35.5. The molecule has 1 N–H and O–H groups in total. The fraction of sp³-hybridized carbons (Fsp3) is 0.667. The molecule has 0 aromatic carbocycles. The van der Waals surface area contributed by atoms with Crippen LogP contribution in [0.3, 0.4) is 0 Å². The third-order valence-electron chi connectivity index (χ3n) is 2.66. The van der Waals surface area contributed by atoms with Crippen molar-refractivity contribution in [2.24, 2.45) is 0 Å². The van der Waals surface area contributed by atoms with E-state index in [0.29, 0.717) is 10.9 Å². The summed E-state index contributed by atoms with van der Waals surface area (Å²) >= 11 is 7.13. The van der Waals surface area contributed by atoms with Crippen LogP contribution in [0.15, 0.2) is 0 Å². The van der Waals surface area contributed by atoms with Gasteiger partial charge in [-0.25, -0.2) is 4.79 Å². The predicted molar refractivity (Wildman–Crippen MR) is 64.1 cm³/mol. The first kappa shape index (κ1) is 12.5. The van der Waals surface area contributed by atoms with Crippen molar-refractivity contribution in [2.75, 3.05) is 20.2 Å². The Morgan fingerprint density at radius 3 is 3.24 bits per heavy atom. The molecule has 0 radical (unpaired) electrons. The van der Waals surface area contributed by atoms with E-state index in [0.717, 1.165) is 25.2 Å². The molecule has 1 unspecified atom stereocenters. The molecule has 8 heteroatoms. The summed E-state index contributed by atoms with van der Waals surface area (Å²) in [5.41, 5.74) is 0.801. The lowest BCUT2D eigenvalue weighted by atomic mass is 10.3. The van der Waals surface area contributed by atoms with Gasteiger partial charge in [0, 0.05) is 37.2 Å². The summed E-state index contributed by atoms with van der Waals surface area (Å²) in [5, 5.41) is 6.75. The first-order chi connectivity index (χ1) is 8.19. The number of nitrogens with zero attached hydrogens (tertiary/aromatic N) is 3. The SMILES string of the molecule is COC(=O)NC1CCN(Cc2nnsc2Cl)C1. The Morgan fingerprint density at radius 1 is 1.76 bits per heavy atom. The summed E-state index contributed by atoms with van der Waals surface area (Å²) in [7, 11) is 1.36. The van der Waals surface area contributed by atoms with Gasteiger partial charge in [0.15, 0.2) is 0 Å². The summed E-state index contributed by atoms with van der Waals surface area (Å²) in [4.78, 5) is 13.2. The van der Waals surface area contributed by atoms with E-state index in [-0.39, 0.29) is 12.1 Å². The van der Waals surface area contributed by atoms with Crippen molar-refractivity contribution in [3.05, 3.63) is 10.0 Å². The molecular formula is C9H13ClN4O2S. The summed E-state index contributed by atoms with van der Waals surface area (Å²) in [5.74, 6) is 0. The molecule has 1 aliphatic rings. The van der Waals surface area contributed by atoms with Gasteiger partial charge in [0.05, 0.1) is 7.11 Å². The van der Waals surface area contributed by atoms with E-state index in [1.165, 1.54) is 18.6 Å². The fourth-order valence-corrected chi connectivity index (χ4v) is 2.43. The van der Waals surface area contributed by atoms with Crippen molar-refractivity contribution < 1.29 is 9.53 Å². The molecule has 2 rings (SSSR count). The minimum absolute atomic E-state index is 0.132. The van der Waals surface area contributed by atoms with Crippen LogP contribution >= 0.6 is 23.1 Å². The Bertz CT molecular complexity index is 400. The second kappa shape index (κ2) is 5.61. The molecule has 0 bridgehead atoms. The Morgan fingerprint density at radius 2 is 2.59 bits per heavy atom. The summed E-state index contributed by atoms with van der Waals surface area (Å²) in [6.07, 6.45) is 0.523. The second-order valence-electron chi connectivity index (χ2n) is 3.85. The lowest BCUT2D eigenvalue weighted by Gasteiger charge is -2.14. The molecule has 1 saturated heterocycles. The maximum absolute atomic E-state index is 11.1. The van der Waals surface area contributed by atoms with Gasteiger partial charge < -0.3 is 10.1 Å². The zero-order chi connectivity index (χ0) is 12.3. The third-order valence-corrected chi connectivity index (χ3v) is 3.65. The Labute approximate surface area is 108 Å². The van der Waals surface area contributed by atoms with Crippen molar-refractivity contribution >= 4 is 29.2 Å². The predicted octanol–water partition coefficient (Wildman–Crippen LogP) is 1.12. The van der Waals surface area contributed by atoms with E-state index in [1.807, 2.05) is 0 Å². The monoisotopic (exact) mass is 276 g/mol. The number of aromatic nitrogens is 2. The number of likely N-dealkylation sites (tertiary alicyclic amines) is 1. The maximum atomic E-state index is 11.1. The summed E-state index contributed by atoms with van der Waals surface area (Å²) in [6.45, 7) is 2.36. The van der Waals surface area contributed by atoms with Crippen molar-refractivity contribution in [1.82, 2.24) is 19.8 Å². The van der Waals surface area contributed by atoms with Crippen LogP contribution in [0, 0.1) is 0 Å². The van der Waals surface area contributed by atoms with Gasteiger partial charge in [-0.15, -0.1) is 5.10 Å². The molecule has 17 heavy (non-hydrogen) atoms. The molecule has 1 atom stereocenters. The Kier molecular flexibility index (Phi) is 4.14. The van der Waals surface area contributed by atoms with E-state index in [9.17, 15) is 4.79 Å². The molecule has 1 aliphatic heterocycles. The van der Waals surface area contributed by atoms with Crippen molar-refractivity contribution in [1.29, 1.82) is 0 Å². The number of methoxy groups -OCH3 is 1. The minimum Gasteiger partial charge on any atom is -0.453 e. The standard InChI is InChI=1S/C9H13ClN4O2S/c1-16-9(15)11-6-2-3-14(4-6)5-7-8(10)17-13-12-7/h6H,2-5H2,1H3,(H,11,15). The van der Waals surface area contributed by atoms with Crippen molar-refractivity contribution in [3.63, 3.8) is 0 Å². The number of carbonyl (C=O) groups excluding carboxylic acids is 1. The first-order valence-corrected chi connectivity index (χ1v) is 6.37. The number of carbonyl (C=O) groups is 1. The van der Waals surface area contributed by atoms with E-state index in [2.05, 4.69) is 24.5 Å². The first-order valence-electron chi connectivity index (χ1n) is 5.22. The highest BCUT2D eigenvalue weighted by Gasteiger charge is 2.25. The zero-order valence-corrected chi connectivity index (χ0v) is 10.9. The van der Waals surface area contributed by atoms with Gasteiger partial charge in [0.1, 0.15) is 10.0 Å². The molecule has 0 saturated carbocycles. The van der Waals surface area contributed by atoms with Crippen LogP contribution in [0.1, 0.15) is 12.1 Å². The summed E-state index contributed by atoms with van der Waals surface area (Å²) < 4.78 is 8.98. The van der Waals surface area contributed by atoms with E-state index in [4.69, 9.17) is 11.6 Å². The van der Waals surface area contributed by atoms with Crippen LogP contribution in [0.25, 0.3) is 0 Å². The highest BCUT2D eigenvalue weighted by molar-refractivity contribution is 7.10. The molecule has 2 heterocycles. The Hall–Kier alpha value is -0.920. The van der Waals surface area contributed by atoms with E-state index < -0.39 is 0 Å². The molecule has 1 aromatic rings. The number of rotatable bonds is 3. The molecule has 1 aromatic heterocycles. The molecule has 6 nitrogen and oxygen atoms in total. The normalized spacial score (nSPS) is 20.5. The van der Waals surface area contributed by atoms with Crippen LogP contribution < -0.4 is 5.32 Å². The van der Waals surface area contributed by atoms with Crippen LogP contribution in [0.2, 0.25) is 4.34 Å². The molecule has 0 aliphatic carbocycles. The van der Waals surface area contributed by atoms with Gasteiger partial charge in [-0.3, -0.25) is 4.90 Å². The van der Waals surface area contributed by atoms with Crippen LogP contribution in [0.5, 0.6) is 0 Å². The van der Waals surface area contributed by atoms with Gasteiger partial charge in [-0.2, -0.15) is 0 Å². The molecule has 1 amide bonds. The highest BCUT2D eigenvalue weighted by Crippen LogP contribution is 2.20. The third kappa shape index (κ3) is 3.27. The lowest BCUT2D eigenvalue weighted by molar-refractivity contribution is 0.166. The molecule has 0 spiro atoms. The maximum Gasteiger partial charge on any atom is 0.407 e. The van der Waals surface area contributed by atoms with Gasteiger partial charge in [0.2, 0.25) is 0 Å². The average Bonchev–Trinajstić information content (AvgIpc) is 2.90. The van der Waals surface area contributed by atoms with Crippen LogP contribution in [-0.2, 0) is 11.3 Å². The van der Waals surface area contributed by atoms with Gasteiger partial charge in [0.25, 0.3) is 0 Å². The van der Waals surface area contributed by atoms with Gasteiger partial charge >= 0.3 is 6.09 Å². The number of hydrogen-bond acceptors (Lipinski definition) is 6. The quantitative estimate of drug-likeness (QED) is 0.896. The largest absolute Gasteiger partial charge is 0.453 e. The molecule has 1 fully saturated rings. The number of ether oxygens (including phenoxy) is 1. The zero-order valence-electron chi connectivity index (χ0n) is 9.35. The number of nitrogens with one attached hydrogen (secondary N) is 1. The van der Waals surface area contributed by atoms with Crippen molar-refractivity contribution in [3.8, 4) is 0 Å². The fourth-order valence-electron chi connectivity index (χ4n) is 1.82. The van der Waals surface area contributed by atoms with Crippen molar-refractivity contribution in [2.45, 2.75) is 19.0 Å². The molecular weight excluding hydrogens is 264 g/mol. The number of alkyl carbamates (subject to hydrolysis) is 1. The van der Waals surface area contributed by atoms with E-state index in [1.54, 1.807) is 0 Å². The topological polar surface area (TPSA) is 67.3 Å². The van der Waals surface area contributed by atoms with Crippen LogP contribution in [-0.4, -0.2) is 46.8 Å². The smallest absolute Gasteiger partial charge is 0.407 e. The van der Waals surface area contributed by atoms with Gasteiger partial charge in [-0.1, -0.05) is 16.1 Å². The molecule has 94 valence electrons. The number of amides is 1. The number of halogens is 1. The van der Waals surface area contributed by atoms with Gasteiger partial charge in [-0.05, 0) is 6.42 Å². The second-order valence-corrected chi connectivity index (χ2v) is 5.21. The Balaban J connectivity index is 1.82. The minimum atomic E-state index is -0.384. The average molecular weight is 277 g/mol. The van der Waals surface area contributed by atoms with Crippen LogP contribution in [0.4, 0.5) is 4.79 Å². The number of hydrogen-bond donors (Lipinski definition) is 1.